The minimum Gasteiger partial charge on any atom is -0.338 e. The van der Waals surface area contributed by atoms with Gasteiger partial charge in [-0.25, -0.2) is 0 Å². The second kappa shape index (κ2) is 6.16. The van der Waals surface area contributed by atoms with E-state index in [0.29, 0.717) is 5.92 Å². The molecule has 1 aromatic carbocycles. The van der Waals surface area contributed by atoms with Gasteiger partial charge in [0.25, 0.3) is 5.91 Å². The zero-order valence-electron chi connectivity index (χ0n) is 12.7. The second-order valence-electron chi connectivity index (χ2n) is 5.87. The molecule has 0 saturated carbocycles. The Labute approximate surface area is 130 Å². The van der Waals surface area contributed by atoms with E-state index in [-0.39, 0.29) is 5.91 Å². The number of aryl methyl sites for hydroxylation is 1. The van der Waals surface area contributed by atoms with Crippen LogP contribution in [0, 0.1) is 12.8 Å². The number of benzene rings is 1. The molecule has 1 atom stereocenters. The van der Waals surface area contributed by atoms with Crippen molar-refractivity contribution in [1.82, 2.24) is 10.2 Å². The largest absolute Gasteiger partial charge is 0.338 e. The molecule has 2 heterocycles. The maximum absolute atomic E-state index is 12.9. The quantitative estimate of drug-likeness (QED) is 0.943. The van der Waals surface area contributed by atoms with E-state index in [4.69, 9.17) is 0 Å². The number of carbonyl (C=O) groups is 1. The molecule has 0 unspecified atom stereocenters. The Hall–Kier alpha value is -1.39. The van der Waals surface area contributed by atoms with E-state index in [1.807, 2.05) is 24.1 Å². The highest BCUT2D eigenvalue weighted by atomic mass is 32.1. The Morgan fingerprint density at radius 1 is 1.43 bits per heavy atom. The van der Waals surface area contributed by atoms with E-state index in [9.17, 15) is 4.79 Å². The van der Waals surface area contributed by atoms with Gasteiger partial charge in [-0.2, -0.15) is 0 Å². The molecule has 2 aromatic rings. The van der Waals surface area contributed by atoms with Gasteiger partial charge in [0, 0.05) is 17.8 Å². The molecule has 1 aromatic heterocycles. The molecule has 4 heteroatoms. The summed E-state index contributed by atoms with van der Waals surface area (Å²) in [5.74, 6) is 0.803. The van der Waals surface area contributed by atoms with E-state index in [0.717, 1.165) is 36.5 Å². The molecular weight excluding hydrogens is 280 g/mol. The maximum Gasteiger partial charge on any atom is 0.264 e. The molecule has 1 amide bonds. The van der Waals surface area contributed by atoms with E-state index in [2.05, 4.69) is 24.4 Å². The van der Waals surface area contributed by atoms with E-state index >= 15 is 0 Å². The van der Waals surface area contributed by atoms with Gasteiger partial charge in [0.15, 0.2) is 0 Å². The fourth-order valence-corrected chi connectivity index (χ4v) is 4.40. The number of fused-ring (bicyclic) bond motifs is 1. The van der Waals surface area contributed by atoms with Crippen molar-refractivity contribution in [2.24, 2.45) is 5.92 Å². The van der Waals surface area contributed by atoms with Gasteiger partial charge in [0.2, 0.25) is 0 Å². The summed E-state index contributed by atoms with van der Waals surface area (Å²) in [6.07, 6.45) is 2.33. The van der Waals surface area contributed by atoms with Crippen molar-refractivity contribution in [3.8, 4) is 0 Å². The van der Waals surface area contributed by atoms with Crippen LogP contribution in [0.4, 0.5) is 0 Å². The van der Waals surface area contributed by atoms with Crippen LogP contribution < -0.4 is 5.32 Å². The molecule has 1 N–H and O–H groups in total. The lowest BCUT2D eigenvalue weighted by atomic mass is 9.97. The van der Waals surface area contributed by atoms with Crippen LogP contribution in [-0.2, 0) is 0 Å². The first-order chi connectivity index (χ1) is 10.2. The number of hydrogen-bond donors (Lipinski definition) is 1. The van der Waals surface area contributed by atoms with Gasteiger partial charge >= 0.3 is 0 Å². The summed E-state index contributed by atoms with van der Waals surface area (Å²) in [4.78, 5) is 15.8. The normalized spacial score (nSPS) is 19.1. The van der Waals surface area contributed by atoms with Gasteiger partial charge in [-0.05, 0) is 56.3 Å². The van der Waals surface area contributed by atoms with Crippen molar-refractivity contribution in [3.05, 3.63) is 34.7 Å². The van der Waals surface area contributed by atoms with Crippen molar-refractivity contribution in [3.63, 3.8) is 0 Å². The molecule has 3 nitrogen and oxygen atoms in total. The summed E-state index contributed by atoms with van der Waals surface area (Å²) in [5.41, 5.74) is 1.14. The number of nitrogens with one attached hydrogen (secondary N) is 1. The highest BCUT2D eigenvalue weighted by Crippen LogP contribution is 2.32. The summed E-state index contributed by atoms with van der Waals surface area (Å²) in [7, 11) is 1.98. The molecule has 21 heavy (non-hydrogen) atoms. The molecular formula is C17H22N2OS. The van der Waals surface area contributed by atoms with Crippen LogP contribution in [-0.4, -0.2) is 37.5 Å². The van der Waals surface area contributed by atoms with Gasteiger partial charge in [-0.3, -0.25) is 4.79 Å². The van der Waals surface area contributed by atoms with Gasteiger partial charge < -0.3 is 10.2 Å². The third kappa shape index (κ3) is 2.83. The highest BCUT2D eigenvalue weighted by Gasteiger charge is 2.26. The molecule has 0 bridgehead atoms. The molecule has 1 saturated heterocycles. The smallest absolute Gasteiger partial charge is 0.264 e. The van der Waals surface area contributed by atoms with E-state index in [1.165, 1.54) is 16.5 Å². The minimum atomic E-state index is 0.217. The highest BCUT2D eigenvalue weighted by molar-refractivity contribution is 7.21. The molecule has 1 fully saturated rings. The van der Waals surface area contributed by atoms with Gasteiger partial charge in [0.1, 0.15) is 0 Å². The van der Waals surface area contributed by atoms with Crippen LogP contribution in [0.25, 0.3) is 10.1 Å². The number of carbonyl (C=O) groups excluding carboxylic acids is 1. The Kier molecular flexibility index (Phi) is 4.27. The first-order valence-electron chi connectivity index (χ1n) is 7.62. The molecule has 1 aliphatic rings. The topological polar surface area (TPSA) is 32.3 Å². The zero-order valence-corrected chi connectivity index (χ0v) is 13.5. The van der Waals surface area contributed by atoms with Crippen molar-refractivity contribution >= 4 is 27.3 Å². The first kappa shape index (κ1) is 14.5. The predicted octanol–water partition coefficient (Wildman–Crippen LogP) is 3.28. The fraction of sp³-hybridized carbons (Fsp3) is 0.471. The lowest BCUT2D eigenvalue weighted by molar-refractivity contribution is 0.0678. The van der Waals surface area contributed by atoms with Crippen molar-refractivity contribution in [1.29, 1.82) is 0 Å². The van der Waals surface area contributed by atoms with Gasteiger partial charge in [-0.15, -0.1) is 11.3 Å². The molecule has 3 rings (SSSR count). The third-order valence-corrected chi connectivity index (χ3v) is 5.60. The Bertz CT molecular complexity index is 647. The summed E-state index contributed by atoms with van der Waals surface area (Å²) < 4.78 is 1.21. The zero-order chi connectivity index (χ0) is 14.8. The average molecular weight is 302 g/mol. The Morgan fingerprint density at radius 3 is 3.00 bits per heavy atom. The SMILES string of the molecule is CNC[C@@H]1CCCN(C(=O)c2sc3ccccc3c2C)C1. The number of rotatable bonds is 3. The van der Waals surface area contributed by atoms with Gasteiger partial charge in [-0.1, -0.05) is 18.2 Å². The third-order valence-electron chi connectivity index (χ3n) is 4.34. The van der Waals surface area contributed by atoms with Crippen LogP contribution in [0.15, 0.2) is 24.3 Å². The van der Waals surface area contributed by atoms with E-state index in [1.54, 1.807) is 11.3 Å². The molecule has 1 aliphatic heterocycles. The average Bonchev–Trinajstić information content (AvgIpc) is 2.85. The number of thiophene rings is 1. The summed E-state index contributed by atoms with van der Waals surface area (Å²) in [5, 5.41) is 4.45. The Morgan fingerprint density at radius 2 is 2.24 bits per heavy atom. The molecule has 0 spiro atoms. The lowest BCUT2D eigenvalue weighted by Crippen LogP contribution is -2.42. The number of hydrogen-bond acceptors (Lipinski definition) is 3. The van der Waals surface area contributed by atoms with Crippen molar-refractivity contribution < 1.29 is 4.79 Å². The summed E-state index contributed by atoms with van der Waals surface area (Å²) >= 11 is 1.63. The monoisotopic (exact) mass is 302 g/mol. The summed E-state index contributed by atoms with van der Waals surface area (Å²) in [6, 6.07) is 8.29. The molecule has 112 valence electrons. The van der Waals surface area contributed by atoms with Crippen LogP contribution in [0.2, 0.25) is 0 Å². The Balaban J connectivity index is 1.84. The lowest BCUT2D eigenvalue weighted by Gasteiger charge is -2.32. The van der Waals surface area contributed by atoms with Gasteiger partial charge in [0.05, 0.1) is 4.88 Å². The maximum atomic E-state index is 12.9. The van der Waals surface area contributed by atoms with Crippen LogP contribution in [0.5, 0.6) is 0 Å². The number of piperidine rings is 1. The van der Waals surface area contributed by atoms with Crippen molar-refractivity contribution in [2.45, 2.75) is 19.8 Å². The number of amides is 1. The summed E-state index contributed by atoms with van der Waals surface area (Å²) in [6.45, 7) is 4.84. The fourth-order valence-electron chi connectivity index (χ4n) is 3.23. The van der Waals surface area contributed by atoms with Crippen LogP contribution >= 0.6 is 11.3 Å². The second-order valence-corrected chi connectivity index (χ2v) is 6.92. The van der Waals surface area contributed by atoms with E-state index < -0.39 is 0 Å². The molecule has 0 radical (unpaired) electrons. The predicted molar refractivity (Wildman–Crippen MR) is 89.1 cm³/mol. The minimum absolute atomic E-state index is 0.217. The van der Waals surface area contributed by atoms with Crippen molar-refractivity contribution in [2.75, 3.05) is 26.7 Å². The number of likely N-dealkylation sites (tertiary alicyclic amines) is 1. The van der Waals surface area contributed by atoms with Crippen LogP contribution in [0.3, 0.4) is 0 Å². The first-order valence-corrected chi connectivity index (χ1v) is 8.44. The molecule has 0 aliphatic carbocycles. The van der Waals surface area contributed by atoms with Crippen LogP contribution in [0.1, 0.15) is 28.1 Å². The number of nitrogens with zero attached hydrogens (tertiary/aromatic N) is 1. The standard InChI is InChI=1S/C17H22N2OS/c1-12-14-7-3-4-8-15(14)21-16(12)17(20)19-9-5-6-13(11-19)10-18-2/h3-4,7-8,13,18H,5-6,9-11H2,1-2H3/t13-/m0/s1.